The zero-order valence-corrected chi connectivity index (χ0v) is 9.46. The molecule has 0 radical (unpaired) electrons. The van der Waals surface area contributed by atoms with Crippen molar-refractivity contribution in [3.63, 3.8) is 0 Å². The van der Waals surface area contributed by atoms with Crippen LogP contribution >= 0.6 is 0 Å². The van der Waals surface area contributed by atoms with Crippen molar-refractivity contribution in [2.24, 2.45) is 0 Å². The summed E-state index contributed by atoms with van der Waals surface area (Å²) in [5.41, 5.74) is 0. The first-order chi connectivity index (χ1) is 8.18. The van der Waals surface area contributed by atoms with E-state index in [1.54, 1.807) is 0 Å². The number of halogens is 1. The molecule has 0 bridgehead atoms. The van der Waals surface area contributed by atoms with E-state index in [4.69, 9.17) is 7.48 Å². The maximum atomic E-state index is 12.6. The standard InChI is InChI=1S/C10H13FO4S/c1-16(12,13)15-8-2-7-14-10-5-3-9(11)4-6-10/h3-6H,2,7-8H2,1H3/i7D2. The smallest absolute Gasteiger partial charge is 0.264 e. The Kier molecular flexibility index (Phi) is 3.65. The summed E-state index contributed by atoms with van der Waals surface area (Å²) >= 11 is 0. The highest BCUT2D eigenvalue weighted by Crippen LogP contribution is 2.11. The van der Waals surface area contributed by atoms with E-state index in [0.29, 0.717) is 0 Å². The van der Waals surface area contributed by atoms with Crippen LogP contribution in [0.4, 0.5) is 4.39 Å². The number of ether oxygens (including phenoxy) is 1. The van der Waals surface area contributed by atoms with Gasteiger partial charge in [-0.2, -0.15) is 8.42 Å². The minimum atomic E-state index is -3.60. The second-order valence-corrected chi connectivity index (χ2v) is 4.62. The van der Waals surface area contributed by atoms with Crippen LogP contribution in [-0.4, -0.2) is 27.8 Å². The molecule has 1 rings (SSSR count). The normalized spacial score (nSPS) is 14.1. The van der Waals surface area contributed by atoms with Crippen molar-refractivity contribution >= 4 is 10.1 Å². The molecule has 4 nitrogen and oxygen atoms in total. The van der Waals surface area contributed by atoms with Crippen LogP contribution in [0.2, 0.25) is 0 Å². The molecule has 0 aliphatic heterocycles. The van der Waals surface area contributed by atoms with Gasteiger partial charge in [0.15, 0.2) is 0 Å². The monoisotopic (exact) mass is 250 g/mol. The summed E-state index contributed by atoms with van der Waals surface area (Å²) in [6.45, 7) is -2.42. The third kappa shape index (κ3) is 5.67. The van der Waals surface area contributed by atoms with Crippen molar-refractivity contribution in [2.75, 3.05) is 19.4 Å². The Balaban J connectivity index is 2.51. The molecule has 0 amide bonds. The first kappa shape index (κ1) is 10.0. The van der Waals surface area contributed by atoms with Crippen molar-refractivity contribution in [1.29, 1.82) is 0 Å². The molecule has 0 atom stereocenters. The first-order valence-corrected chi connectivity index (χ1v) is 6.29. The highest BCUT2D eigenvalue weighted by Gasteiger charge is 2.00. The van der Waals surface area contributed by atoms with Crippen molar-refractivity contribution in [1.82, 2.24) is 0 Å². The highest BCUT2D eigenvalue weighted by molar-refractivity contribution is 7.85. The maximum absolute atomic E-state index is 12.6. The highest BCUT2D eigenvalue weighted by atomic mass is 32.2. The minimum absolute atomic E-state index is 0.153. The minimum Gasteiger partial charge on any atom is -0.494 e. The van der Waals surface area contributed by atoms with Crippen LogP contribution < -0.4 is 4.74 Å². The predicted molar refractivity (Wildman–Crippen MR) is 57.3 cm³/mol. The van der Waals surface area contributed by atoms with Gasteiger partial charge in [-0.25, -0.2) is 4.39 Å². The van der Waals surface area contributed by atoms with Gasteiger partial charge in [0, 0.05) is 6.42 Å². The topological polar surface area (TPSA) is 52.6 Å². The predicted octanol–water partition coefficient (Wildman–Crippen LogP) is 1.57. The van der Waals surface area contributed by atoms with Gasteiger partial charge in [0.05, 0.1) is 22.2 Å². The molecule has 1 aromatic rings. The Hall–Kier alpha value is -1.14. The zero-order valence-electron chi connectivity index (χ0n) is 10.6. The summed E-state index contributed by atoms with van der Waals surface area (Å²) in [6.07, 6.45) is 0.612. The summed E-state index contributed by atoms with van der Waals surface area (Å²) in [4.78, 5) is 0. The van der Waals surface area contributed by atoms with E-state index in [1.165, 1.54) is 12.1 Å². The largest absolute Gasteiger partial charge is 0.494 e. The molecular weight excluding hydrogens is 235 g/mol. The quantitative estimate of drug-likeness (QED) is 0.719. The number of hydrogen-bond acceptors (Lipinski definition) is 4. The number of hydrogen-bond donors (Lipinski definition) is 0. The fourth-order valence-corrected chi connectivity index (χ4v) is 1.26. The molecule has 0 N–H and O–H groups in total. The molecule has 0 aliphatic carbocycles. The fraction of sp³-hybridized carbons (Fsp3) is 0.400. The molecule has 0 unspecified atom stereocenters. The molecule has 90 valence electrons. The van der Waals surface area contributed by atoms with Crippen LogP contribution in [-0.2, 0) is 14.3 Å². The van der Waals surface area contributed by atoms with Gasteiger partial charge in [0.2, 0.25) is 0 Å². The lowest BCUT2D eigenvalue weighted by atomic mass is 10.3. The van der Waals surface area contributed by atoms with Gasteiger partial charge in [-0.3, -0.25) is 4.18 Å². The SMILES string of the molecule is [2H]C([2H])(CCOS(C)(=O)=O)Oc1ccc(F)cc1. The van der Waals surface area contributed by atoms with Crippen LogP contribution in [0.3, 0.4) is 0 Å². The number of rotatable bonds is 6. The summed E-state index contributed by atoms with van der Waals surface area (Å²) < 4.78 is 58.4. The van der Waals surface area contributed by atoms with Gasteiger partial charge in [-0.1, -0.05) is 0 Å². The molecule has 0 aromatic heterocycles. The zero-order chi connectivity index (χ0) is 13.8. The third-order valence-corrected chi connectivity index (χ3v) is 2.10. The van der Waals surface area contributed by atoms with Crippen LogP contribution in [0, 0.1) is 5.82 Å². The second kappa shape index (κ2) is 5.81. The Bertz CT molecular complexity index is 487. The van der Waals surface area contributed by atoms with E-state index in [1.807, 2.05) is 0 Å². The Morgan fingerprint density at radius 3 is 2.56 bits per heavy atom. The van der Waals surface area contributed by atoms with Crippen LogP contribution in [0.25, 0.3) is 0 Å². The van der Waals surface area contributed by atoms with E-state index in [9.17, 15) is 12.8 Å². The maximum Gasteiger partial charge on any atom is 0.264 e. The molecule has 6 heteroatoms. The molecule has 0 saturated heterocycles. The van der Waals surface area contributed by atoms with Gasteiger partial charge in [0.25, 0.3) is 10.1 Å². The lowest BCUT2D eigenvalue weighted by Crippen LogP contribution is -2.07. The van der Waals surface area contributed by atoms with Crippen LogP contribution in [0.15, 0.2) is 24.3 Å². The van der Waals surface area contributed by atoms with Gasteiger partial charge in [-0.15, -0.1) is 0 Å². The van der Waals surface area contributed by atoms with Gasteiger partial charge in [-0.05, 0) is 24.3 Å². The summed E-state index contributed by atoms with van der Waals surface area (Å²) in [5.74, 6) is -0.302. The molecule has 1 aromatic carbocycles. The summed E-state index contributed by atoms with van der Waals surface area (Å²) in [5, 5.41) is 0. The van der Waals surface area contributed by atoms with Crippen LogP contribution in [0.5, 0.6) is 5.75 Å². The van der Waals surface area contributed by atoms with Crippen LogP contribution in [0.1, 0.15) is 9.16 Å². The van der Waals surface area contributed by atoms with E-state index in [2.05, 4.69) is 4.18 Å². The molecule has 0 spiro atoms. The lowest BCUT2D eigenvalue weighted by molar-refractivity contribution is 0.252. The molecule has 0 saturated carbocycles. The average molecular weight is 250 g/mol. The van der Waals surface area contributed by atoms with Crippen molar-refractivity contribution < 1.29 is 24.5 Å². The Labute approximate surface area is 96.9 Å². The number of benzene rings is 1. The lowest BCUT2D eigenvalue weighted by Gasteiger charge is -2.05. The Morgan fingerprint density at radius 1 is 1.38 bits per heavy atom. The molecule has 16 heavy (non-hydrogen) atoms. The van der Waals surface area contributed by atoms with Gasteiger partial charge < -0.3 is 4.74 Å². The van der Waals surface area contributed by atoms with E-state index < -0.39 is 22.5 Å². The van der Waals surface area contributed by atoms with E-state index >= 15 is 0 Å². The van der Waals surface area contributed by atoms with E-state index in [0.717, 1.165) is 18.4 Å². The van der Waals surface area contributed by atoms with Gasteiger partial charge in [0.1, 0.15) is 11.6 Å². The average Bonchev–Trinajstić information content (AvgIpc) is 2.18. The van der Waals surface area contributed by atoms with E-state index in [-0.39, 0.29) is 18.8 Å². The summed E-state index contributed by atoms with van der Waals surface area (Å²) in [7, 11) is -3.60. The second-order valence-electron chi connectivity index (χ2n) is 2.98. The summed E-state index contributed by atoms with van der Waals surface area (Å²) in [6, 6.07) is 4.84. The molecule has 0 aliphatic rings. The first-order valence-electron chi connectivity index (χ1n) is 5.47. The van der Waals surface area contributed by atoms with Gasteiger partial charge >= 0.3 is 0 Å². The van der Waals surface area contributed by atoms with Crippen molar-refractivity contribution in [3.8, 4) is 5.75 Å². The van der Waals surface area contributed by atoms with Crippen molar-refractivity contribution in [3.05, 3.63) is 30.1 Å². The molecule has 0 fully saturated rings. The van der Waals surface area contributed by atoms with Crippen molar-refractivity contribution in [2.45, 2.75) is 6.42 Å². The molecular formula is C10H13FO4S. The molecule has 0 heterocycles. The fourth-order valence-electron chi connectivity index (χ4n) is 0.872. The Morgan fingerprint density at radius 2 is 2.00 bits per heavy atom. The third-order valence-electron chi connectivity index (χ3n) is 1.51.